The summed E-state index contributed by atoms with van der Waals surface area (Å²) in [5, 5.41) is 11.3. The molecule has 1 amide bonds. The summed E-state index contributed by atoms with van der Waals surface area (Å²) in [5.41, 5.74) is 1.13. The Morgan fingerprint density at radius 1 is 1.07 bits per heavy atom. The van der Waals surface area contributed by atoms with Crippen molar-refractivity contribution in [3.63, 3.8) is 0 Å². The van der Waals surface area contributed by atoms with Crippen LogP contribution in [0.4, 0.5) is 4.39 Å². The number of likely N-dealkylation sites (tertiary alicyclic amines) is 1. The van der Waals surface area contributed by atoms with Gasteiger partial charge >= 0.3 is 0 Å². The van der Waals surface area contributed by atoms with Crippen LogP contribution in [0.15, 0.2) is 60.7 Å². The molecule has 2 aromatic rings. The molecule has 3 atom stereocenters. The number of rotatable bonds is 3. The maximum Gasteiger partial charge on any atom is 0.247 e. The Bertz CT molecular complexity index is 849. The van der Waals surface area contributed by atoms with Crippen molar-refractivity contribution >= 4 is 12.0 Å². The molecule has 3 nitrogen and oxygen atoms in total. The first-order valence-corrected chi connectivity index (χ1v) is 10.1. The minimum Gasteiger partial charge on any atom is -0.389 e. The fraction of sp³-hybridized carbons (Fsp3) is 0.375. The number of hydrogen-bond donors (Lipinski definition) is 1. The summed E-state index contributed by atoms with van der Waals surface area (Å²) in [5.74, 6) is -0.374. The molecular weight excluding hydrogens is 353 g/mol. The maximum atomic E-state index is 13.5. The Morgan fingerprint density at radius 3 is 2.57 bits per heavy atom. The van der Waals surface area contributed by atoms with Crippen LogP contribution in [0, 0.1) is 11.7 Å². The molecule has 1 saturated heterocycles. The zero-order valence-electron chi connectivity index (χ0n) is 15.9. The Balaban J connectivity index is 1.65. The molecule has 1 saturated carbocycles. The predicted molar refractivity (Wildman–Crippen MR) is 108 cm³/mol. The standard InChI is InChI=1S/C24H26FNO2/c25-20-12-10-19(11-13-20)23-21-8-4-5-15-24(21,28)16-17-26(23)22(27)14-9-18-6-2-1-3-7-18/h1-3,6-7,9-14,21,23,28H,4-5,8,15-17H2/b14-9+/t21-,23-,24-/m1/s1. The first-order chi connectivity index (χ1) is 13.6. The fourth-order valence-corrected chi connectivity index (χ4v) is 4.83. The molecule has 2 aromatic carbocycles. The largest absolute Gasteiger partial charge is 0.389 e. The zero-order valence-corrected chi connectivity index (χ0v) is 15.9. The minimum atomic E-state index is -0.739. The Kier molecular flexibility index (Phi) is 5.31. The van der Waals surface area contributed by atoms with Crippen LogP contribution < -0.4 is 0 Å². The number of fused-ring (bicyclic) bond motifs is 1. The lowest BCUT2D eigenvalue weighted by Gasteiger charge is -2.52. The molecule has 0 spiro atoms. The molecule has 0 radical (unpaired) electrons. The highest BCUT2D eigenvalue weighted by atomic mass is 19.1. The molecule has 4 heteroatoms. The molecular formula is C24H26FNO2. The van der Waals surface area contributed by atoms with E-state index < -0.39 is 5.60 Å². The summed E-state index contributed by atoms with van der Waals surface area (Å²) in [6.07, 6.45) is 7.75. The topological polar surface area (TPSA) is 40.5 Å². The van der Waals surface area contributed by atoms with Gasteiger partial charge in [0.1, 0.15) is 5.82 Å². The van der Waals surface area contributed by atoms with Gasteiger partial charge in [0.2, 0.25) is 5.91 Å². The third-order valence-corrected chi connectivity index (χ3v) is 6.28. The molecule has 146 valence electrons. The van der Waals surface area contributed by atoms with Gasteiger partial charge in [-0.15, -0.1) is 0 Å². The van der Waals surface area contributed by atoms with Crippen molar-refractivity contribution in [2.24, 2.45) is 5.92 Å². The molecule has 2 aliphatic rings. The summed E-state index contributed by atoms with van der Waals surface area (Å²) >= 11 is 0. The van der Waals surface area contributed by atoms with Gasteiger partial charge in [0, 0.05) is 18.5 Å². The Labute approximate surface area is 165 Å². The number of carbonyl (C=O) groups is 1. The van der Waals surface area contributed by atoms with Crippen molar-refractivity contribution in [3.8, 4) is 0 Å². The van der Waals surface area contributed by atoms with Gasteiger partial charge in [-0.2, -0.15) is 0 Å². The average molecular weight is 379 g/mol. The first-order valence-electron chi connectivity index (χ1n) is 10.1. The highest BCUT2D eigenvalue weighted by Gasteiger charge is 2.49. The predicted octanol–water partition coefficient (Wildman–Crippen LogP) is 4.73. The molecule has 4 rings (SSSR count). The monoisotopic (exact) mass is 379 g/mol. The fourth-order valence-electron chi connectivity index (χ4n) is 4.83. The molecule has 0 unspecified atom stereocenters. The van der Waals surface area contributed by atoms with Crippen LogP contribution in [-0.4, -0.2) is 28.1 Å². The number of piperidine rings is 1. The summed E-state index contributed by atoms with van der Waals surface area (Å²) < 4.78 is 13.5. The van der Waals surface area contributed by atoms with E-state index in [9.17, 15) is 14.3 Å². The van der Waals surface area contributed by atoms with Crippen LogP contribution in [0.5, 0.6) is 0 Å². The van der Waals surface area contributed by atoms with E-state index in [-0.39, 0.29) is 23.7 Å². The Hall–Kier alpha value is -2.46. The number of aliphatic hydroxyl groups is 1. The van der Waals surface area contributed by atoms with Crippen molar-refractivity contribution in [3.05, 3.63) is 77.6 Å². The molecule has 28 heavy (non-hydrogen) atoms. The smallest absolute Gasteiger partial charge is 0.247 e. The summed E-state index contributed by atoms with van der Waals surface area (Å²) in [7, 11) is 0. The van der Waals surface area contributed by atoms with Gasteiger partial charge in [0.15, 0.2) is 0 Å². The van der Waals surface area contributed by atoms with Crippen LogP contribution in [0.2, 0.25) is 0 Å². The van der Waals surface area contributed by atoms with Crippen molar-refractivity contribution in [2.45, 2.75) is 43.7 Å². The van der Waals surface area contributed by atoms with E-state index in [1.54, 1.807) is 18.2 Å². The normalized spacial score (nSPS) is 27.6. The van der Waals surface area contributed by atoms with E-state index in [1.165, 1.54) is 12.1 Å². The zero-order chi connectivity index (χ0) is 19.6. The molecule has 0 bridgehead atoms. The first kappa shape index (κ1) is 18.9. The van der Waals surface area contributed by atoms with E-state index in [1.807, 2.05) is 41.3 Å². The van der Waals surface area contributed by atoms with Gasteiger partial charge in [0.25, 0.3) is 0 Å². The summed E-state index contributed by atoms with van der Waals surface area (Å²) in [6.45, 7) is 0.507. The highest BCUT2D eigenvalue weighted by Crippen LogP contribution is 2.49. The summed E-state index contributed by atoms with van der Waals surface area (Å²) in [4.78, 5) is 14.9. The van der Waals surface area contributed by atoms with Crippen LogP contribution >= 0.6 is 0 Å². The van der Waals surface area contributed by atoms with Crippen LogP contribution in [0.1, 0.15) is 49.3 Å². The maximum absolute atomic E-state index is 13.5. The van der Waals surface area contributed by atoms with Crippen LogP contribution in [0.3, 0.4) is 0 Å². The second-order valence-electron chi connectivity index (χ2n) is 7.98. The van der Waals surface area contributed by atoms with Crippen LogP contribution in [0.25, 0.3) is 6.08 Å². The van der Waals surface area contributed by atoms with E-state index in [0.717, 1.165) is 36.8 Å². The second kappa shape index (κ2) is 7.88. The number of benzene rings is 2. The SMILES string of the molecule is O=C(/C=C/c1ccccc1)N1CC[C@]2(O)CCCC[C@@H]2[C@H]1c1ccc(F)cc1. The molecule has 0 aromatic heterocycles. The van der Waals surface area contributed by atoms with Gasteiger partial charge in [-0.3, -0.25) is 4.79 Å². The lowest BCUT2D eigenvalue weighted by Crippen LogP contribution is -2.56. The van der Waals surface area contributed by atoms with Gasteiger partial charge < -0.3 is 10.0 Å². The third-order valence-electron chi connectivity index (χ3n) is 6.28. The molecule has 1 heterocycles. The molecule has 2 fully saturated rings. The van der Waals surface area contributed by atoms with E-state index in [2.05, 4.69) is 0 Å². The number of carbonyl (C=O) groups excluding carboxylic acids is 1. The quantitative estimate of drug-likeness (QED) is 0.783. The molecule has 1 aliphatic heterocycles. The van der Waals surface area contributed by atoms with Crippen molar-refractivity contribution < 1.29 is 14.3 Å². The third kappa shape index (κ3) is 3.74. The van der Waals surface area contributed by atoms with E-state index in [4.69, 9.17) is 0 Å². The molecule has 1 aliphatic carbocycles. The lowest BCUT2D eigenvalue weighted by molar-refractivity contribution is -0.150. The average Bonchev–Trinajstić information content (AvgIpc) is 2.72. The van der Waals surface area contributed by atoms with E-state index in [0.29, 0.717) is 13.0 Å². The van der Waals surface area contributed by atoms with Crippen LogP contribution in [-0.2, 0) is 4.79 Å². The number of nitrogens with zero attached hydrogens (tertiary/aromatic N) is 1. The second-order valence-corrected chi connectivity index (χ2v) is 7.98. The van der Waals surface area contributed by atoms with Gasteiger partial charge in [-0.05, 0) is 48.6 Å². The van der Waals surface area contributed by atoms with Gasteiger partial charge in [-0.25, -0.2) is 4.39 Å². The van der Waals surface area contributed by atoms with Gasteiger partial charge in [-0.1, -0.05) is 55.3 Å². The highest BCUT2D eigenvalue weighted by molar-refractivity contribution is 5.92. The summed E-state index contributed by atoms with van der Waals surface area (Å²) in [6, 6.07) is 15.9. The van der Waals surface area contributed by atoms with Crippen molar-refractivity contribution in [1.29, 1.82) is 0 Å². The van der Waals surface area contributed by atoms with Crippen molar-refractivity contribution in [1.82, 2.24) is 4.90 Å². The Morgan fingerprint density at radius 2 is 1.82 bits per heavy atom. The molecule has 1 N–H and O–H groups in total. The minimum absolute atomic E-state index is 0.0189. The van der Waals surface area contributed by atoms with Crippen molar-refractivity contribution in [2.75, 3.05) is 6.54 Å². The number of hydrogen-bond acceptors (Lipinski definition) is 2. The van der Waals surface area contributed by atoms with Gasteiger partial charge in [0.05, 0.1) is 11.6 Å². The van der Waals surface area contributed by atoms with E-state index >= 15 is 0 Å². The lowest BCUT2D eigenvalue weighted by atomic mass is 9.66. The number of amides is 1. The number of halogens is 1.